The number of amides is 1. The number of carbonyl (C=O) groups is 3. The van der Waals surface area contributed by atoms with Gasteiger partial charge in [-0.3, -0.25) is 4.79 Å². The van der Waals surface area contributed by atoms with Crippen LogP contribution in [0.4, 0.5) is 0 Å². The van der Waals surface area contributed by atoms with Crippen molar-refractivity contribution in [3.8, 4) is 0 Å². The Morgan fingerprint density at radius 1 is 0.906 bits per heavy atom. The minimum Gasteiger partial charge on any atom is -0.467 e. The first-order chi connectivity index (χ1) is 15.2. The normalized spacial score (nSPS) is 12.1. The summed E-state index contributed by atoms with van der Waals surface area (Å²) in [6, 6.07) is 18.9. The molecule has 3 aromatic carbocycles. The van der Waals surface area contributed by atoms with Gasteiger partial charge in [-0.15, -0.1) is 0 Å². The number of hydrogen-bond acceptors (Lipinski definition) is 5. The summed E-state index contributed by atoms with van der Waals surface area (Å²) in [5.41, 5.74) is 1.08. The SMILES string of the molecule is COC(=O)[C@@H](Cc1ccc(C(=O)OC(C)(C)C)cc1)NC(=O)c1cccc2ccccc12. The second-order valence-corrected chi connectivity index (χ2v) is 8.48. The Morgan fingerprint density at radius 3 is 2.22 bits per heavy atom. The van der Waals surface area contributed by atoms with Gasteiger partial charge in [0, 0.05) is 12.0 Å². The molecule has 6 heteroatoms. The first kappa shape index (κ1) is 23.0. The van der Waals surface area contributed by atoms with Gasteiger partial charge in [-0.05, 0) is 55.3 Å². The smallest absolute Gasteiger partial charge is 0.338 e. The lowest BCUT2D eigenvalue weighted by molar-refractivity contribution is -0.142. The second-order valence-electron chi connectivity index (χ2n) is 8.48. The van der Waals surface area contributed by atoms with Gasteiger partial charge in [0.25, 0.3) is 5.91 Å². The van der Waals surface area contributed by atoms with E-state index in [0.717, 1.165) is 16.3 Å². The molecular formula is C26H27NO5. The first-order valence-corrected chi connectivity index (χ1v) is 10.4. The molecule has 0 aliphatic carbocycles. The number of benzene rings is 3. The number of carbonyl (C=O) groups excluding carboxylic acids is 3. The number of esters is 2. The Labute approximate surface area is 187 Å². The van der Waals surface area contributed by atoms with Gasteiger partial charge in [0.05, 0.1) is 12.7 Å². The monoisotopic (exact) mass is 433 g/mol. The van der Waals surface area contributed by atoms with E-state index in [4.69, 9.17) is 9.47 Å². The van der Waals surface area contributed by atoms with Crippen LogP contribution in [0.15, 0.2) is 66.7 Å². The molecule has 0 radical (unpaired) electrons. The quantitative estimate of drug-likeness (QED) is 0.586. The van der Waals surface area contributed by atoms with Crippen molar-refractivity contribution in [1.82, 2.24) is 5.32 Å². The van der Waals surface area contributed by atoms with Crippen LogP contribution in [0.3, 0.4) is 0 Å². The zero-order valence-corrected chi connectivity index (χ0v) is 18.7. The van der Waals surface area contributed by atoms with Crippen LogP contribution in [-0.4, -0.2) is 36.6 Å². The van der Waals surface area contributed by atoms with E-state index in [0.29, 0.717) is 11.1 Å². The van der Waals surface area contributed by atoms with Crippen molar-refractivity contribution in [3.05, 3.63) is 83.4 Å². The molecule has 0 aromatic heterocycles. The van der Waals surface area contributed by atoms with Crippen LogP contribution in [-0.2, 0) is 20.7 Å². The molecule has 0 fully saturated rings. The maximum Gasteiger partial charge on any atom is 0.338 e. The van der Waals surface area contributed by atoms with Gasteiger partial charge in [0.15, 0.2) is 0 Å². The Hall–Kier alpha value is -3.67. The highest BCUT2D eigenvalue weighted by molar-refractivity contribution is 6.08. The number of hydrogen-bond donors (Lipinski definition) is 1. The fourth-order valence-corrected chi connectivity index (χ4v) is 3.34. The van der Waals surface area contributed by atoms with Gasteiger partial charge >= 0.3 is 11.9 Å². The Bertz CT molecular complexity index is 1120. The maximum absolute atomic E-state index is 13.0. The molecule has 0 saturated heterocycles. The van der Waals surface area contributed by atoms with Crippen molar-refractivity contribution in [2.75, 3.05) is 7.11 Å². The standard InChI is InChI=1S/C26H27NO5/c1-26(2,3)32-24(29)19-14-12-17(13-15-19)16-22(25(30)31-4)27-23(28)21-11-7-9-18-8-5-6-10-20(18)21/h5-15,22H,16H2,1-4H3,(H,27,28)/t22-/m1/s1. The predicted molar refractivity (Wildman–Crippen MR) is 123 cm³/mol. The summed E-state index contributed by atoms with van der Waals surface area (Å²) in [6.07, 6.45) is 0.220. The summed E-state index contributed by atoms with van der Waals surface area (Å²) in [6.45, 7) is 5.41. The summed E-state index contributed by atoms with van der Waals surface area (Å²) >= 11 is 0. The average molecular weight is 434 g/mol. The molecule has 6 nitrogen and oxygen atoms in total. The van der Waals surface area contributed by atoms with E-state index in [2.05, 4.69) is 5.32 Å². The van der Waals surface area contributed by atoms with E-state index >= 15 is 0 Å². The molecule has 1 amide bonds. The minimum absolute atomic E-state index is 0.220. The second kappa shape index (κ2) is 9.64. The molecule has 32 heavy (non-hydrogen) atoms. The Morgan fingerprint density at radius 2 is 1.56 bits per heavy atom. The third-order valence-corrected chi connectivity index (χ3v) is 4.85. The van der Waals surface area contributed by atoms with Crippen LogP contribution in [0.1, 0.15) is 47.1 Å². The van der Waals surface area contributed by atoms with Crippen LogP contribution in [0, 0.1) is 0 Å². The molecule has 0 bridgehead atoms. The summed E-state index contributed by atoms with van der Waals surface area (Å²) in [4.78, 5) is 37.5. The molecule has 0 unspecified atom stereocenters. The highest BCUT2D eigenvalue weighted by Crippen LogP contribution is 2.19. The lowest BCUT2D eigenvalue weighted by Gasteiger charge is -2.20. The maximum atomic E-state index is 13.0. The van der Waals surface area contributed by atoms with Gasteiger partial charge in [-0.25, -0.2) is 9.59 Å². The molecule has 1 atom stereocenters. The van der Waals surface area contributed by atoms with E-state index in [1.165, 1.54) is 7.11 Å². The number of nitrogens with one attached hydrogen (secondary N) is 1. The highest BCUT2D eigenvalue weighted by Gasteiger charge is 2.24. The lowest BCUT2D eigenvalue weighted by Crippen LogP contribution is -2.43. The molecule has 1 N–H and O–H groups in total. The van der Waals surface area contributed by atoms with E-state index in [1.807, 2.05) is 30.3 Å². The fourth-order valence-electron chi connectivity index (χ4n) is 3.34. The number of rotatable bonds is 6. The van der Waals surface area contributed by atoms with Crippen molar-refractivity contribution in [2.24, 2.45) is 0 Å². The van der Waals surface area contributed by atoms with Crippen molar-refractivity contribution < 1.29 is 23.9 Å². The van der Waals surface area contributed by atoms with Crippen LogP contribution in [0.5, 0.6) is 0 Å². The van der Waals surface area contributed by atoms with Gasteiger partial charge in [-0.2, -0.15) is 0 Å². The van der Waals surface area contributed by atoms with E-state index in [-0.39, 0.29) is 12.3 Å². The third-order valence-electron chi connectivity index (χ3n) is 4.85. The summed E-state index contributed by atoms with van der Waals surface area (Å²) < 4.78 is 10.3. The van der Waals surface area contributed by atoms with Gasteiger partial charge in [0.2, 0.25) is 0 Å². The molecule has 0 saturated carbocycles. The zero-order chi connectivity index (χ0) is 23.3. The zero-order valence-electron chi connectivity index (χ0n) is 18.7. The van der Waals surface area contributed by atoms with Gasteiger partial charge in [-0.1, -0.05) is 48.5 Å². The fraction of sp³-hybridized carbons (Fsp3) is 0.269. The third kappa shape index (κ3) is 5.72. The number of methoxy groups -OCH3 is 1. The molecule has 0 heterocycles. The van der Waals surface area contributed by atoms with Gasteiger partial charge < -0.3 is 14.8 Å². The molecule has 0 aliphatic heterocycles. The van der Waals surface area contributed by atoms with E-state index in [9.17, 15) is 14.4 Å². The number of fused-ring (bicyclic) bond motifs is 1. The summed E-state index contributed by atoms with van der Waals surface area (Å²) in [7, 11) is 1.28. The summed E-state index contributed by atoms with van der Waals surface area (Å²) in [5.74, 6) is -1.32. The molecule has 0 aliphatic rings. The minimum atomic E-state index is -0.876. The Balaban J connectivity index is 1.77. The topological polar surface area (TPSA) is 81.7 Å². The predicted octanol–water partition coefficient (Wildman–Crippen LogP) is 4.31. The van der Waals surface area contributed by atoms with Crippen molar-refractivity contribution >= 4 is 28.6 Å². The van der Waals surface area contributed by atoms with Crippen LogP contribution < -0.4 is 5.32 Å². The van der Waals surface area contributed by atoms with E-state index in [1.54, 1.807) is 57.2 Å². The highest BCUT2D eigenvalue weighted by atomic mass is 16.6. The van der Waals surface area contributed by atoms with Crippen molar-refractivity contribution in [1.29, 1.82) is 0 Å². The van der Waals surface area contributed by atoms with Crippen LogP contribution in [0.2, 0.25) is 0 Å². The largest absolute Gasteiger partial charge is 0.467 e. The Kier molecular flexibility index (Phi) is 6.93. The van der Waals surface area contributed by atoms with Crippen molar-refractivity contribution in [2.45, 2.75) is 38.8 Å². The molecule has 0 spiro atoms. The lowest BCUT2D eigenvalue weighted by atomic mass is 10.0. The molecule has 3 rings (SSSR count). The molecular weight excluding hydrogens is 406 g/mol. The van der Waals surface area contributed by atoms with Crippen molar-refractivity contribution in [3.63, 3.8) is 0 Å². The molecule has 3 aromatic rings. The van der Waals surface area contributed by atoms with E-state index < -0.39 is 23.6 Å². The molecule has 166 valence electrons. The van der Waals surface area contributed by atoms with Crippen LogP contribution >= 0.6 is 0 Å². The number of ether oxygens (including phenoxy) is 2. The first-order valence-electron chi connectivity index (χ1n) is 10.4. The average Bonchev–Trinajstić information content (AvgIpc) is 2.77. The summed E-state index contributed by atoms with van der Waals surface area (Å²) in [5, 5.41) is 4.53. The van der Waals surface area contributed by atoms with Gasteiger partial charge in [0.1, 0.15) is 11.6 Å². The van der Waals surface area contributed by atoms with Crippen LogP contribution in [0.25, 0.3) is 10.8 Å².